The van der Waals surface area contributed by atoms with E-state index in [4.69, 9.17) is 5.10 Å². The van der Waals surface area contributed by atoms with Crippen LogP contribution in [0, 0.1) is 13.8 Å². The predicted molar refractivity (Wildman–Crippen MR) is 111 cm³/mol. The van der Waals surface area contributed by atoms with Gasteiger partial charge >= 0.3 is 6.03 Å². The van der Waals surface area contributed by atoms with Crippen molar-refractivity contribution in [3.63, 3.8) is 0 Å². The van der Waals surface area contributed by atoms with Crippen LogP contribution < -0.4 is 5.32 Å². The number of benzene rings is 1. The molecule has 3 aliphatic heterocycles. The first-order valence-corrected chi connectivity index (χ1v) is 9.89. The summed E-state index contributed by atoms with van der Waals surface area (Å²) in [6, 6.07) is 5.64. The van der Waals surface area contributed by atoms with E-state index in [1.165, 1.54) is 21.6 Å². The smallest absolute Gasteiger partial charge is 0.310 e. The summed E-state index contributed by atoms with van der Waals surface area (Å²) in [6.45, 7) is 11.2. The maximum Gasteiger partial charge on any atom is 0.328 e. The predicted octanol–water partition coefficient (Wildman–Crippen LogP) is 1.46. The van der Waals surface area contributed by atoms with Gasteiger partial charge in [0, 0.05) is 25.8 Å². The largest absolute Gasteiger partial charge is 0.328 e. The molecule has 0 saturated carbocycles. The van der Waals surface area contributed by atoms with Gasteiger partial charge in [-0.05, 0) is 31.9 Å². The molecule has 1 aromatic rings. The van der Waals surface area contributed by atoms with Gasteiger partial charge in [0.15, 0.2) is 6.29 Å². The van der Waals surface area contributed by atoms with E-state index < -0.39 is 6.04 Å². The van der Waals surface area contributed by atoms with Crippen LogP contribution in [0.5, 0.6) is 0 Å². The summed E-state index contributed by atoms with van der Waals surface area (Å²) in [5.41, 5.74) is 4.55. The molecule has 1 aromatic carbocycles. The van der Waals surface area contributed by atoms with E-state index >= 15 is 0 Å². The molecule has 29 heavy (non-hydrogen) atoms. The molecule has 3 atom stereocenters. The lowest BCUT2D eigenvalue weighted by Gasteiger charge is -2.42. The lowest BCUT2D eigenvalue weighted by atomic mass is 10.1. The minimum Gasteiger partial charge on any atom is -0.310 e. The molecule has 3 aliphatic rings. The number of hydrogen-bond acceptors (Lipinski definition) is 6. The number of likely N-dealkylation sites (N-methyl/N-ethyl adjacent to an activating group) is 1. The van der Waals surface area contributed by atoms with Gasteiger partial charge in [-0.2, -0.15) is 5.10 Å². The number of fused-ring (bicyclic) bond motifs is 3. The summed E-state index contributed by atoms with van der Waals surface area (Å²) in [6.07, 6.45) is 0.944. The number of aryl methyl sites for hydroxylation is 2. The maximum atomic E-state index is 13.2. The van der Waals surface area contributed by atoms with Crippen LogP contribution >= 0.6 is 0 Å². The first-order valence-electron chi connectivity index (χ1n) is 9.89. The van der Waals surface area contributed by atoms with E-state index in [1.807, 2.05) is 11.9 Å². The molecule has 0 bridgehead atoms. The van der Waals surface area contributed by atoms with Gasteiger partial charge in [0.05, 0.1) is 6.54 Å². The normalized spacial score (nSPS) is 27.1. The molecule has 0 aliphatic carbocycles. The fraction of sp³-hybridized carbons (Fsp3) is 0.476. The lowest BCUT2D eigenvalue weighted by Crippen LogP contribution is -2.66. The Morgan fingerprint density at radius 1 is 1.28 bits per heavy atom. The standard InChI is InChI=1S/C21H28N6O2/c1-6-9-25-19(28)17-18(24(5)21(25)29)22-20-26(17)11-15(4)23-27(20)12-16-10-13(2)7-8-14(16)3/h6-8,10,17-18,20,22H,1,9,11-12H2,2-5H3. The quantitative estimate of drug-likeness (QED) is 0.781. The Kier molecular flexibility index (Phi) is 4.92. The van der Waals surface area contributed by atoms with Gasteiger partial charge in [-0.25, -0.2) is 9.69 Å². The molecule has 3 unspecified atom stereocenters. The van der Waals surface area contributed by atoms with Gasteiger partial charge in [0.2, 0.25) is 0 Å². The number of hydrazone groups is 1. The monoisotopic (exact) mass is 396 g/mol. The van der Waals surface area contributed by atoms with Gasteiger partial charge in [0.1, 0.15) is 12.2 Å². The highest BCUT2D eigenvalue weighted by Crippen LogP contribution is 2.31. The SMILES string of the molecule is C=CCN1C(=O)C2C(NC3N(Cc4cc(C)ccc4C)N=C(C)CN23)N(C)C1=O. The van der Waals surface area contributed by atoms with Gasteiger partial charge in [-0.15, -0.1) is 6.58 Å². The molecule has 8 heteroatoms. The minimum absolute atomic E-state index is 0.186. The van der Waals surface area contributed by atoms with E-state index in [-0.39, 0.29) is 30.9 Å². The summed E-state index contributed by atoms with van der Waals surface area (Å²) in [5, 5.41) is 10.2. The van der Waals surface area contributed by atoms with E-state index in [0.717, 1.165) is 5.71 Å². The highest BCUT2D eigenvalue weighted by atomic mass is 16.2. The van der Waals surface area contributed by atoms with E-state index in [0.29, 0.717) is 13.1 Å². The van der Waals surface area contributed by atoms with Crippen LogP contribution in [0.25, 0.3) is 0 Å². The Bertz CT molecular complexity index is 897. The molecular weight excluding hydrogens is 368 g/mol. The van der Waals surface area contributed by atoms with Crippen LogP contribution in [0.4, 0.5) is 4.79 Å². The summed E-state index contributed by atoms with van der Waals surface area (Å²) >= 11 is 0. The molecule has 2 fully saturated rings. The van der Waals surface area contributed by atoms with Crippen molar-refractivity contribution < 1.29 is 9.59 Å². The molecule has 0 aromatic heterocycles. The zero-order valence-corrected chi connectivity index (χ0v) is 17.4. The Hall–Kier alpha value is -2.71. The maximum absolute atomic E-state index is 13.2. The highest BCUT2D eigenvalue weighted by molar-refractivity contribution is 6.01. The average Bonchev–Trinajstić information content (AvgIpc) is 3.06. The zero-order chi connectivity index (χ0) is 20.9. The number of hydrogen-bond donors (Lipinski definition) is 1. The Labute approximate surface area is 171 Å². The van der Waals surface area contributed by atoms with Crippen molar-refractivity contribution >= 4 is 17.6 Å². The number of carbonyl (C=O) groups excluding carboxylic acids is 2. The molecule has 8 nitrogen and oxygen atoms in total. The topological polar surface area (TPSA) is 71.5 Å². The van der Waals surface area contributed by atoms with Crippen molar-refractivity contribution in [2.75, 3.05) is 20.1 Å². The first-order chi connectivity index (χ1) is 13.8. The van der Waals surface area contributed by atoms with E-state index in [2.05, 4.69) is 48.8 Å². The number of amides is 3. The summed E-state index contributed by atoms with van der Waals surface area (Å²) in [4.78, 5) is 30.8. The van der Waals surface area contributed by atoms with Crippen molar-refractivity contribution in [3.05, 3.63) is 47.5 Å². The van der Waals surface area contributed by atoms with Crippen LogP contribution in [0.15, 0.2) is 36.0 Å². The molecule has 3 heterocycles. The second kappa shape index (κ2) is 7.27. The van der Waals surface area contributed by atoms with Crippen LogP contribution in [0.2, 0.25) is 0 Å². The third-order valence-corrected chi connectivity index (χ3v) is 5.90. The van der Waals surface area contributed by atoms with Gasteiger partial charge in [0.25, 0.3) is 5.91 Å². The summed E-state index contributed by atoms with van der Waals surface area (Å²) in [5.74, 6) is -0.186. The zero-order valence-electron chi connectivity index (χ0n) is 17.4. The third kappa shape index (κ3) is 3.22. The number of nitrogens with one attached hydrogen (secondary N) is 1. The van der Waals surface area contributed by atoms with Crippen molar-refractivity contribution in [2.45, 2.75) is 45.8 Å². The highest BCUT2D eigenvalue weighted by Gasteiger charge is 2.56. The second-order valence-electron chi connectivity index (χ2n) is 8.10. The fourth-order valence-corrected chi connectivity index (χ4v) is 4.41. The number of urea groups is 1. The Morgan fingerprint density at radius 2 is 2.03 bits per heavy atom. The van der Waals surface area contributed by atoms with Crippen LogP contribution in [0.1, 0.15) is 23.6 Å². The van der Waals surface area contributed by atoms with Crippen LogP contribution in [-0.4, -0.2) is 76.0 Å². The van der Waals surface area contributed by atoms with Crippen molar-refractivity contribution in [3.8, 4) is 0 Å². The molecule has 0 radical (unpaired) electrons. The molecule has 1 N–H and O–H groups in total. The van der Waals surface area contributed by atoms with E-state index in [9.17, 15) is 9.59 Å². The molecule has 2 saturated heterocycles. The van der Waals surface area contributed by atoms with Crippen LogP contribution in [0.3, 0.4) is 0 Å². The number of nitrogens with zero attached hydrogens (tertiary/aromatic N) is 5. The number of imide groups is 1. The van der Waals surface area contributed by atoms with Crippen LogP contribution in [-0.2, 0) is 11.3 Å². The van der Waals surface area contributed by atoms with Crippen molar-refractivity contribution in [1.82, 2.24) is 25.0 Å². The molecule has 4 rings (SSSR count). The summed E-state index contributed by atoms with van der Waals surface area (Å²) < 4.78 is 0. The van der Waals surface area contributed by atoms with Crippen molar-refractivity contribution in [2.24, 2.45) is 5.10 Å². The average molecular weight is 396 g/mol. The Morgan fingerprint density at radius 3 is 2.76 bits per heavy atom. The minimum atomic E-state index is -0.450. The van der Waals surface area contributed by atoms with Gasteiger partial charge < -0.3 is 4.90 Å². The molecule has 154 valence electrons. The Balaban J connectivity index is 1.65. The first kappa shape index (κ1) is 19.6. The fourth-order valence-electron chi connectivity index (χ4n) is 4.41. The molecule has 0 spiro atoms. The van der Waals surface area contributed by atoms with Gasteiger partial charge in [-0.3, -0.25) is 20.0 Å². The summed E-state index contributed by atoms with van der Waals surface area (Å²) in [7, 11) is 1.73. The van der Waals surface area contributed by atoms with Gasteiger partial charge in [-0.1, -0.05) is 29.8 Å². The van der Waals surface area contributed by atoms with Crippen molar-refractivity contribution in [1.29, 1.82) is 0 Å². The molecule has 3 amide bonds. The third-order valence-electron chi connectivity index (χ3n) is 5.90. The second-order valence-corrected chi connectivity index (χ2v) is 8.10. The lowest BCUT2D eigenvalue weighted by molar-refractivity contribution is -0.138. The van der Waals surface area contributed by atoms with E-state index in [1.54, 1.807) is 18.0 Å². The molecular formula is C21H28N6O2. The number of carbonyl (C=O) groups is 2. The number of rotatable bonds is 4.